The molecule has 3 aliphatic rings. The van der Waals surface area contributed by atoms with E-state index >= 15 is 0 Å². The van der Waals surface area contributed by atoms with Gasteiger partial charge in [-0.05, 0) is 39.8 Å². The van der Waals surface area contributed by atoms with Gasteiger partial charge < -0.3 is 19.7 Å². The lowest BCUT2D eigenvalue weighted by Crippen LogP contribution is -2.44. The van der Waals surface area contributed by atoms with Gasteiger partial charge in [-0.3, -0.25) is 4.79 Å². The average molecular weight is 322 g/mol. The second kappa shape index (κ2) is 6.91. The SMILES string of the molecule is C=C[C@@H]1C[C@]2(CO2)CC(CC(=O)N[C@H]2CC[C@@H](N(C)C)CC2)O1. The van der Waals surface area contributed by atoms with Gasteiger partial charge in [0, 0.05) is 24.9 Å². The number of hydrogen-bond acceptors (Lipinski definition) is 4. The van der Waals surface area contributed by atoms with Crippen LogP contribution in [0.3, 0.4) is 0 Å². The lowest BCUT2D eigenvalue weighted by atomic mass is 9.89. The number of carbonyl (C=O) groups excluding carboxylic acids is 1. The molecule has 0 aromatic heterocycles. The Morgan fingerprint density at radius 3 is 2.57 bits per heavy atom. The van der Waals surface area contributed by atoms with E-state index in [4.69, 9.17) is 9.47 Å². The molecule has 1 aliphatic carbocycles. The second-order valence-electron chi connectivity index (χ2n) is 7.65. The number of nitrogens with one attached hydrogen (secondary N) is 1. The van der Waals surface area contributed by atoms with Gasteiger partial charge in [0.05, 0.1) is 30.8 Å². The zero-order chi connectivity index (χ0) is 16.4. The van der Waals surface area contributed by atoms with Crippen LogP contribution >= 0.6 is 0 Å². The maximum atomic E-state index is 12.4. The van der Waals surface area contributed by atoms with Gasteiger partial charge in [-0.15, -0.1) is 6.58 Å². The molecule has 1 saturated carbocycles. The number of hydrogen-bond donors (Lipinski definition) is 1. The van der Waals surface area contributed by atoms with Crippen LogP contribution in [0, 0.1) is 0 Å². The Hall–Kier alpha value is -0.910. The van der Waals surface area contributed by atoms with Crippen molar-refractivity contribution in [1.29, 1.82) is 0 Å². The van der Waals surface area contributed by atoms with Crippen LogP contribution in [-0.2, 0) is 14.3 Å². The molecule has 3 atom stereocenters. The summed E-state index contributed by atoms with van der Waals surface area (Å²) in [7, 11) is 4.27. The van der Waals surface area contributed by atoms with Crippen molar-refractivity contribution in [3.63, 3.8) is 0 Å². The molecule has 130 valence electrons. The molecule has 23 heavy (non-hydrogen) atoms. The normalized spacial score (nSPS) is 40.1. The Labute approximate surface area is 139 Å². The first kappa shape index (κ1) is 16.9. The fraction of sp³-hybridized carbons (Fsp3) is 0.833. The van der Waals surface area contributed by atoms with E-state index in [1.54, 1.807) is 0 Å². The van der Waals surface area contributed by atoms with Gasteiger partial charge in [-0.25, -0.2) is 0 Å². The molecular weight excluding hydrogens is 292 g/mol. The Balaban J connectivity index is 1.43. The number of epoxide rings is 1. The summed E-state index contributed by atoms with van der Waals surface area (Å²) in [6, 6.07) is 0.980. The Morgan fingerprint density at radius 1 is 1.30 bits per heavy atom. The molecule has 0 aromatic carbocycles. The van der Waals surface area contributed by atoms with Crippen molar-refractivity contribution in [2.24, 2.45) is 0 Å². The van der Waals surface area contributed by atoms with Gasteiger partial charge in [0.25, 0.3) is 0 Å². The Bertz CT molecular complexity index is 440. The molecule has 1 unspecified atom stereocenters. The summed E-state index contributed by atoms with van der Waals surface area (Å²) in [5.41, 5.74) is -0.0359. The van der Waals surface area contributed by atoms with Gasteiger partial charge in [-0.2, -0.15) is 0 Å². The van der Waals surface area contributed by atoms with E-state index in [0.29, 0.717) is 18.5 Å². The molecule has 0 bridgehead atoms. The Morgan fingerprint density at radius 2 is 2.00 bits per heavy atom. The lowest BCUT2D eigenvalue weighted by Gasteiger charge is -2.34. The van der Waals surface area contributed by atoms with E-state index < -0.39 is 0 Å². The average Bonchev–Trinajstić information content (AvgIpc) is 3.25. The van der Waals surface area contributed by atoms with Crippen molar-refractivity contribution in [1.82, 2.24) is 10.2 Å². The summed E-state index contributed by atoms with van der Waals surface area (Å²) in [5.74, 6) is 0.115. The van der Waals surface area contributed by atoms with Crippen molar-refractivity contribution in [2.45, 2.75) is 74.8 Å². The van der Waals surface area contributed by atoms with Crippen LogP contribution in [0.1, 0.15) is 44.9 Å². The van der Waals surface area contributed by atoms with Crippen molar-refractivity contribution in [3.05, 3.63) is 12.7 Å². The molecule has 2 heterocycles. The molecule has 5 nitrogen and oxygen atoms in total. The lowest BCUT2D eigenvalue weighted by molar-refractivity contribution is -0.128. The third kappa shape index (κ3) is 4.34. The number of ether oxygens (including phenoxy) is 2. The second-order valence-corrected chi connectivity index (χ2v) is 7.65. The first-order chi connectivity index (χ1) is 11.0. The Kier molecular flexibility index (Phi) is 5.09. The van der Waals surface area contributed by atoms with Crippen molar-refractivity contribution in [3.8, 4) is 0 Å². The maximum Gasteiger partial charge on any atom is 0.222 e. The van der Waals surface area contributed by atoms with Gasteiger partial charge in [0.1, 0.15) is 0 Å². The minimum Gasteiger partial charge on any atom is -0.370 e. The van der Waals surface area contributed by atoms with Crippen molar-refractivity contribution < 1.29 is 14.3 Å². The highest BCUT2D eigenvalue weighted by Gasteiger charge is 2.51. The minimum absolute atomic E-state index is 0.0135. The van der Waals surface area contributed by atoms with Crippen LogP contribution in [0.4, 0.5) is 0 Å². The highest BCUT2D eigenvalue weighted by atomic mass is 16.6. The van der Waals surface area contributed by atoms with Crippen molar-refractivity contribution in [2.75, 3.05) is 20.7 Å². The zero-order valence-electron chi connectivity index (χ0n) is 14.4. The number of rotatable bonds is 5. The van der Waals surface area contributed by atoms with Crippen LogP contribution < -0.4 is 5.32 Å². The van der Waals surface area contributed by atoms with Gasteiger partial charge in [-0.1, -0.05) is 6.08 Å². The van der Waals surface area contributed by atoms with Crippen LogP contribution in [0.5, 0.6) is 0 Å². The highest BCUT2D eigenvalue weighted by molar-refractivity contribution is 5.76. The predicted octanol–water partition coefficient (Wildman–Crippen LogP) is 1.87. The monoisotopic (exact) mass is 322 g/mol. The molecule has 1 spiro atoms. The highest BCUT2D eigenvalue weighted by Crippen LogP contribution is 2.42. The molecule has 1 N–H and O–H groups in total. The summed E-state index contributed by atoms with van der Waals surface area (Å²) >= 11 is 0. The molecular formula is C18H30N2O3. The summed E-state index contributed by atoms with van der Waals surface area (Å²) < 4.78 is 11.6. The fourth-order valence-electron chi connectivity index (χ4n) is 4.04. The topological polar surface area (TPSA) is 54.1 Å². The van der Waals surface area contributed by atoms with Gasteiger partial charge in [0.2, 0.25) is 5.91 Å². The van der Waals surface area contributed by atoms with Crippen LogP contribution in [-0.4, -0.2) is 61.4 Å². The molecule has 3 rings (SSSR count). The van der Waals surface area contributed by atoms with Crippen LogP contribution in [0.15, 0.2) is 12.7 Å². The molecule has 1 amide bonds. The molecule has 3 fully saturated rings. The van der Waals surface area contributed by atoms with Crippen molar-refractivity contribution >= 4 is 5.91 Å². The standard InChI is InChI=1S/C18H30N2O3/c1-4-15-10-18(12-22-18)11-16(23-15)9-17(21)19-13-5-7-14(8-6-13)20(2)3/h4,13-16H,1,5-12H2,2-3H3,(H,19,21)/t13-,14+,15-,16?,18-/m1/s1. The smallest absolute Gasteiger partial charge is 0.222 e. The summed E-state index contributed by atoms with van der Waals surface area (Å²) in [4.78, 5) is 14.6. The van der Waals surface area contributed by atoms with E-state index in [0.717, 1.165) is 45.1 Å². The fourth-order valence-corrected chi connectivity index (χ4v) is 4.04. The van der Waals surface area contributed by atoms with Gasteiger partial charge >= 0.3 is 0 Å². The van der Waals surface area contributed by atoms with Crippen LogP contribution in [0.25, 0.3) is 0 Å². The quantitative estimate of drug-likeness (QED) is 0.620. The number of amides is 1. The van der Waals surface area contributed by atoms with E-state index in [2.05, 4.69) is 30.9 Å². The van der Waals surface area contributed by atoms with Gasteiger partial charge in [0.15, 0.2) is 0 Å². The molecule has 2 aliphatic heterocycles. The third-order valence-corrected chi connectivity index (χ3v) is 5.56. The number of nitrogens with zero attached hydrogens (tertiary/aromatic N) is 1. The maximum absolute atomic E-state index is 12.4. The summed E-state index contributed by atoms with van der Waals surface area (Å²) in [6.45, 7) is 4.62. The predicted molar refractivity (Wildman–Crippen MR) is 89.3 cm³/mol. The molecule has 2 saturated heterocycles. The third-order valence-electron chi connectivity index (χ3n) is 5.56. The van der Waals surface area contributed by atoms with E-state index in [-0.39, 0.29) is 23.7 Å². The molecule has 5 heteroatoms. The zero-order valence-corrected chi connectivity index (χ0v) is 14.4. The first-order valence-corrected chi connectivity index (χ1v) is 8.87. The van der Waals surface area contributed by atoms with E-state index in [1.807, 2.05) is 6.08 Å². The van der Waals surface area contributed by atoms with E-state index in [9.17, 15) is 4.79 Å². The van der Waals surface area contributed by atoms with Crippen LogP contribution in [0.2, 0.25) is 0 Å². The summed E-state index contributed by atoms with van der Waals surface area (Å²) in [5, 5.41) is 3.20. The van der Waals surface area contributed by atoms with E-state index in [1.165, 1.54) is 0 Å². The molecule has 0 radical (unpaired) electrons. The first-order valence-electron chi connectivity index (χ1n) is 8.87. The summed E-state index contributed by atoms with van der Waals surface area (Å²) in [6.07, 6.45) is 8.40. The largest absolute Gasteiger partial charge is 0.370 e. The number of carbonyl (C=O) groups is 1. The minimum atomic E-state index is -0.0487. The molecule has 0 aromatic rings.